The predicted molar refractivity (Wildman–Crippen MR) is 93.7 cm³/mol. The van der Waals surface area contributed by atoms with Gasteiger partial charge < -0.3 is 10.1 Å². The first kappa shape index (κ1) is 19.6. The van der Waals surface area contributed by atoms with Crippen LogP contribution in [-0.2, 0) is 9.53 Å². The fourth-order valence-electron chi connectivity index (χ4n) is 2.50. The molecular weight excluding hydrogens is 340 g/mol. The summed E-state index contributed by atoms with van der Waals surface area (Å²) in [4.78, 5) is 24.1. The number of hydrogen-bond donors (Lipinski definition) is 1. The van der Waals surface area contributed by atoms with Gasteiger partial charge in [-0.3, -0.25) is 4.79 Å². The first-order valence-electron chi connectivity index (χ1n) is 8.41. The second-order valence-corrected chi connectivity index (χ2v) is 5.94. The molecule has 0 saturated carbocycles. The Hall–Kier alpha value is -2.76. The quantitative estimate of drug-likeness (QED) is 0.763. The summed E-state index contributed by atoms with van der Waals surface area (Å²) in [5.41, 5.74) is 0.959. The highest BCUT2D eigenvalue weighted by Crippen LogP contribution is 2.18. The van der Waals surface area contributed by atoms with E-state index in [0.29, 0.717) is 6.54 Å². The number of nitrogens with one attached hydrogen (secondary N) is 1. The number of halogens is 2. The largest absolute Gasteiger partial charge is 0.449 e. The van der Waals surface area contributed by atoms with Gasteiger partial charge in [0, 0.05) is 12.5 Å². The molecule has 26 heavy (non-hydrogen) atoms. The Kier molecular flexibility index (Phi) is 6.83. The van der Waals surface area contributed by atoms with Gasteiger partial charge in [-0.05, 0) is 37.1 Å². The van der Waals surface area contributed by atoms with E-state index in [-0.39, 0.29) is 11.5 Å². The Morgan fingerprint density at radius 3 is 2.38 bits per heavy atom. The number of esters is 1. The fraction of sp³-hybridized carbons (Fsp3) is 0.300. The summed E-state index contributed by atoms with van der Waals surface area (Å²) in [7, 11) is 0. The molecule has 2 aromatic carbocycles. The Morgan fingerprint density at radius 2 is 1.77 bits per heavy atom. The van der Waals surface area contributed by atoms with Crippen molar-refractivity contribution in [2.24, 2.45) is 0 Å². The van der Waals surface area contributed by atoms with Crippen molar-refractivity contribution >= 4 is 11.9 Å². The van der Waals surface area contributed by atoms with Gasteiger partial charge in [0.1, 0.15) is 0 Å². The van der Waals surface area contributed by atoms with Crippen molar-refractivity contribution in [3.8, 4) is 0 Å². The molecule has 0 fully saturated rings. The summed E-state index contributed by atoms with van der Waals surface area (Å²) >= 11 is 0. The van der Waals surface area contributed by atoms with Crippen LogP contribution in [0.3, 0.4) is 0 Å². The lowest BCUT2D eigenvalue weighted by atomic mass is 9.96. The number of ether oxygens (including phenoxy) is 1. The van der Waals surface area contributed by atoms with Crippen LogP contribution in [-0.4, -0.2) is 24.5 Å². The molecule has 1 N–H and O–H groups in total. The number of rotatable bonds is 7. The second-order valence-electron chi connectivity index (χ2n) is 5.94. The maximum atomic E-state index is 13.2. The molecule has 1 amide bonds. The average molecular weight is 361 g/mol. The highest BCUT2D eigenvalue weighted by Gasteiger charge is 2.21. The highest BCUT2D eigenvalue weighted by atomic mass is 19.2. The van der Waals surface area contributed by atoms with Crippen molar-refractivity contribution in [3.63, 3.8) is 0 Å². The summed E-state index contributed by atoms with van der Waals surface area (Å²) in [6.07, 6.45) is -0.211. The second kappa shape index (κ2) is 9.08. The zero-order valence-electron chi connectivity index (χ0n) is 14.7. The minimum Gasteiger partial charge on any atom is -0.449 e. The molecule has 2 aromatic rings. The lowest BCUT2D eigenvalue weighted by Crippen LogP contribution is -2.38. The molecule has 0 heterocycles. The molecule has 138 valence electrons. The van der Waals surface area contributed by atoms with E-state index in [1.165, 1.54) is 6.92 Å². The van der Waals surface area contributed by atoms with Gasteiger partial charge >= 0.3 is 5.97 Å². The van der Waals surface area contributed by atoms with E-state index in [1.54, 1.807) is 0 Å². The summed E-state index contributed by atoms with van der Waals surface area (Å²) in [6.45, 7) is 3.86. The van der Waals surface area contributed by atoms with Crippen molar-refractivity contribution in [2.75, 3.05) is 6.54 Å². The van der Waals surface area contributed by atoms with Gasteiger partial charge in [0.25, 0.3) is 5.91 Å². The van der Waals surface area contributed by atoms with E-state index in [1.807, 2.05) is 37.3 Å². The standard InChI is InChI=1S/C20H21F2NO3/c1-3-14(15-7-5-4-6-8-15)12-23-19(24)13(2)26-20(25)16-9-10-17(21)18(22)11-16/h4-11,13-14H,3,12H2,1-2H3,(H,23,24)/t13-,14-/m0/s1. The smallest absolute Gasteiger partial charge is 0.339 e. The molecule has 0 bridgehead atoms. The van der Waals surface area contributed by atoms with Crippen molar-refractivity contribution in [2.45, 2.75) is 32.3 Å². The van der Waals surface area contributed by atoms with Crippen LogP contribution in [0.5, 0.6) is 0 Å². The average Bonchev–Trinajstić information content (AvgIpc) is 2.65. The summed E-state index contributed by atoms with van der Waals surface area (Å²) in [5.74, 6) is -3.39. The summed E-state index contributed by atoms with van der Waals surface area (Å²) < 4.78 is 31.1. The van der Waals surface area contributed by atoms with E-state index in [9.17, 15) is 18.4 Å². The Balaban J connectivity index is 1.90. The van der Waals surface area contributed by atoms with Gasteiger partial charge in [-0.25, -0.2) is 13.6 Å². The Labute approximate surface area is 151 Å². The van der Waals surface area contributed by atoms with Gasteiger partial charge in [0.15, 0.2) is 17.7 Å². The maximum absolute atomic E-state index is 13.2. The molecule has 4 nitrogen and oxygen atoms in total. The van der Waals surface area contributed by atoms with E-state index in [2.05, 4.69) is 5.32 Å². The van der Waals surface area contributed by atoms with Crippen molar-refractivity contribution in [3.05, 3.63) is 71.3 Å². The molecule has 0 aromatic heterocycles. The van der Waals surface area contributed by atoms with E-state index >= 15 is 0 Å². The Bertz CT molecular complexity index is 765. The van der Waals surface area contributed by atoms with Crippen LogP contribution >= 0.6 is 0 Å². The van der Waals surface area contributed by atoms with Crippen molar-refractivity contribution < 1.29 is 23.1 Å². The first-order chi connectivity index (χ1) is 12.4. The number of hydrogen-bond acceptors (Lipinski definition) is 3. The molecule has 2 atom stereocenters. The fourth-order valence-corrected chi connectivity index (χ4v) is 2.50. The Morgan fingerprint density at radius 1 is 1.08 bits per heavy atom. The lowest BCUT2D eigenvalue weighted by Gasteiger charge is -2.18. The molecule has 0 aliphatic rings. The number of carbonyl (C=O) groups is 2. The molecular formula is C20H21F2NO3. The first-order valence-corrected chi connectivity index (χ1v) is 8.41. The lowest BCUT2D eigenvalue weighted by molar-refractivity contribution is -0.129. The van der Waals surface area contributed by atoms with Crippen LogP contribution in [0.2, 0.25) is 0 Å². The number of benzene rings is 2. The number of carbonyl (C=O) groups excluding carboxylic acids is 2. The molecule has 0 radical (unpaired) electrons. The van der Waals surface area contributed by atoms with E-state index in [4.69, 9.17) is 4.74 Å². The third-order valence-electron chi connectivity index (χ3n) is 4.09. The van der Waals surface area contributed by atoms with Gasteiger partial charge in [0.2, 0.25) is 0 Å². The monoisotopic (exact) mass is 361 g/mol. The van der Waals surface area contributed by atoms with Crippen LogP contribution in [0.1, 0.15) is 42.1 Å². The molecule has 0 aliphatic heterocycles. The minimum absolute atomic E-state index is 0.147. The molecule has 0 spiro atoms. The van der Waals surface area contributed by atoms with Crippen molar-refractivity contribution in [1.82, 2.24) is 5.32 Å². The molecule has 0 unspecified atom stereocenters. The third-order valence-corrected chi connectivity index (χ3v) is 4.09. The van der Waals surface area contributed by atoms with Crippen LogP contribution in [0.25, 0.3) is 0 Å². The zero-order chi connectivity index (χ0) is 19.1. The van der Waals surface area contributed by atoms with Gasteiger partial charge in [-0.2, -0.15) is 0 Å². The van der Waals surface area contributed by atoms with Crippen LogP contribution < -0.4 is 5.32 Å². The van der Waals surface area contributed by atoms with Crippen LogP contribution in [0.4, 0.5) is 8.78 Å². The normalized spacial score (nSPS) is 12.9. The van der Waals surface area contributed by atoms with E-state index in [0.717, 1.165) is 30.2 Å². The van der Waals surface area contributed by atoms with Gasteiger partial charge in [-0.15, -0.1) is 0 Å². The van der Waals surface area contributed by atoms with Gasteiger partial charge in [-0.1, -0.05) is 37.3 Å². The molecule has 0 aliphatic carbocycles. The highest BCUT2D eigenvalue weighted by molar-refractivity contribution is 5.92. The SMILES string of the molecule is CC[C@@H](CNC(=O)[C@H](C)OC(=O)c1ccc(F)c(F)c1)c1ccccc1. The minimum atomic E-state index is -1.15. The topological polar surface area (TPSA) is 55.4 Å². The van der Waals surface area contributed by atoms with Crippen LogP contribution in [0, 0.1) is 11.6 Å². The molecule has 0 saturated heterocycles. The summed E-state index contributed by atoms with van der Waals surface area (Å²) in [5, 5.41) is 2.76. The molecule has 6 heteroatoms. The molecule has 2 rings (SSSR count). The van der Waals surface area contributed by atoms with E-state index < -0.39 is 29.6 Å². The number of amides is 1. The third kappa shape index (κ3) is 5.12. The van der Waals surface area contributed by atoms with Crippen LogP contribution in [0.15, 0.2) is 48.5 Å². The van der Waals surface area contributed by atoms with Crippen molar-refractivity contribution in [1.29, 1.82) is 0 Å². The maximum Gasteiger partial charge on any atom is 0.339 e. The summed E-state index contributed by atoms with van der Waals surface area (Å²) in [6, 6.07) is 12.5. The zero-order valence-corrected chi connectivity index (χ0v) is 14.7. The predicted octanol–water partition coefficient (Wildman–Crippen LogP) is 3.82. The van der Waals surface area contributed by atoms with Gasteiger partial charge in [0.05, 0.1) is 5.56 Å².